The molecule has 0 aliphatic carbocycles. The minimum atomic E-state index is -0.597. The molecule has 1 aromatic carbocycles. The number of aliphatic hydroxyl groups excluding tert-OH is 1. The van der Waals surface area contributed by atoms with Gasteiger partial charge < -0.3 is 20.5 Å². The molecule has 0 aliphatic heterocycles. The monoisotopic (exact) mass is 322 g/mol. The van der Waals surface area contributed by atoms with E-state index in [-0.39, 0.29) is 24.1 Å². The maximum Gasteiger partial charge on any atom is 0.319 e. The van der Waals surface area contributed by atoms with Crippen molar-refractivity contribution in [3.8, 4) is 0 Å². The molecule has 2 amide bonds. The van der Waals surface area contributed by atoms with E-state index in [1.54, 1.807) is 0 Å². The van der Waals surface area contributed by atoms with Crippen LogP contribution >= 0.6 is 0 Å². The number of hydrogen-bond donors (Lipinski definition) is 3. The van der Waals surface area contributed by atoms with Crippen LogP contribution in [-0.2, 0) is 11.3 Å². The van der Waals surface area contributed by atoms with Crippen LogP contribution in [0.15, 0.2) is 18.2 Å². The van der Waals surface area contributed by atoms with Crippen LogP contribution in [0, 0.1) is 12.3 Å². The molecular formula is C18H30N2O3. The number of urea groups is 1. The lowest BCUT2D eigenvalue weighted by molar-refractivity contribution is 0.0653. The zero-order valence-corrected chi connectivity index (χ0v) is 15.1. The summed E-state index contributed by atoms with van der Waals surface area (Å²) >= 11 is 0. The van der Waals surface area contributed by atoms with Gasteiger partial charge in [0.2, 0.25) is 0 Å². The molecule has 5 nitrogen and oxygen atoms in total. The number of aliphatic hydroxyl groups is 1. The molecule has 0 fully saturated rings. The third-order valence-corrected chi connectivity index (χ3v) is 3.72. The number of hydrogen-bond acceptors (Lipinski definition) is 3. The van der Waals surface area contributed by atoms with Crippen molar-refractivity contribution in [2.45, 2.75) is 60.4 Å². The van der Waals surface area contributed by atoms with E-state index < -0.39 is 6.10 Å². The van der Waals surface area contributed by atoms with Gasteiger partial charge >= 0.3 is 6.03 Å². The van der Waals surface area contributed by atoms with Crippen LogP contribution in [0.5, 0.6) is 0 Å². The standard InChI is InChI=1S/C18H30N2O3/c1-12(2)23-11-14-8-7-9-15(13(14)3)20-17(22)19-10-16(21)18(4,5)6/h7-9,12,16,21H,10-11H2,1-6H3,(H2,19,20,22). The predicted octanol–water partition coefficient (Wildman–Crippen LogP) is 3.45. The molecule has 0 heterocycles. The van der Waals surface area contributed by atoms with Crippen molar-refractivity contribution in [3.05, 3.63) is 29.3 Å². The van der Waals surface area contributed by atoms with E-state index in [1.165, 1.54) is 0 Å². The van der Waals surface area contributed by atoms with E-state index >= 15 is 0 Å². The van der Waals surface area contributed by atoms with Gasteiger partial charge in [-0.15, -0.1) is 0 Å². The number of ether oxygens (including phenoxy) is 1. The maximum absolute atomic E-state index is 12.0. The normalized spacial score (nSPS) is 13.0. The molecule has 0 saturated carbocycles. The van der Waals surface area contributed by atoms with Crippen molar-refractivity contribution in [2.75, 3.05) is 11.9 Å². The van der Waals surface area contributed by atoms with E-state index in [0.717, 1.165) is 16.8 Å². The van der Waals surface area contributed by atoms with Crippen molar-refractivity contribution in [3.63, 3.8) is 0 Å². The minimum absolute atomic E-state index is 0.160. The smallest absolute Gasteiger partial charge is 0.319 e. The summed E-state index contributed by atoms with van der Waals surface area (Å²) in [6.07, 6.45) is -0.437. The molecule has 3 N–H and O–H groups in total. The lowest BCUT2D eigenvalue weighted by atomic mass is 9.89. The van der Waals surface area contributed by atoms with E-state index in [2.05, 4.69) is 10.6 Å². The lowest BCUT2D eigenvalue weighted by Crippen LogP contribution is -2.41. The molecule has 0 aliphatic rings. The third kappa shape index (κ3) is 6.59. The Morgan fingerprint density at radius 1 is 1.30 bits per heavy atom. The van der Waals surface area contributed by atoms with Crippen LogP contribution in [-0.4, -0.2) is 29.9 Å². The SMILES string of the molecule is Cc1c(COC(C)C)cccc1NC(=O)NCC(O)C(C)(C)C. The first-order valence-electron chi connectivity index (χ1n) is 8.04. The summed E-state index contributed by atoms with van der Waals surface area (Å²) in [5, 5.41) is 15.5. The Hall–Kier alpha value is -1.59. The molecule has 0 bridgehead atoms. The van der Waals surface area contributed by atoms with Crippen molar-refractivity contribution in [2.24, 2.45) is 5.41 Å². The lowest BCUT2D eigenvalue weighted by Gasteiger charge is -2.26. The van der Waals surface area contributed by atoms with Gasteiger partial charge in [-0.3, -0.25) is 0 Å². The Morgan fingerprint density at radius 3 is 2.52 bits per heavy atom. The second kappa shape index (κ2) is 8.31. The summed E-state index contributed by atoms with van der Waals surface area (Å²) in [6.45, 7) is 12.5. The van der Waals surface area contributed by atoms with Gasteiger partial charge in [-0.2, -0.15) is 0 Å². The van der Waals surface area contributed by atoms with Crippen LogP contribution < -0.4 is 10.6 Å². The molecule has 5 heteroatoms. The Bertz CT molecular complexity index is 521. The predicted molar refractivity (Wildman–Crippen MR) is 93.6 cm³/mol. The molecule has 0 aromatic heterocycles. The number of carbonyl (C=O) groups is 1. The number of anilines is 1. The van der Waals surface area contributed by atoms with Gasteiger partial charge in [0.15, 0.2) is 0 Å². The molecule has 1 atom stereocenters. The first-order valence-corrected chi connectivity index (χ1v) is 8.04. The summed E-state index contributed by atoms with van der Waals surface area (Å²) in [6, 6.07) is 5.42. The van der Waals surface area contributed by atoms with Gasteiger partial charge in [-0.1, -0.05) is 32.9 Å². The zero-order valence-electron chi connectivity index (χ0n) is 15.1. The van der Waals surface area contributed by atoms with Gasteiger partial charge in [0, 0.05) is 12.2 Å². The quantitative estimate of drug-likeness (QED) is 0.751. The van der Waals surface area contributed by atoms with E-state index in [4.69, 9.17) is 4.74 Å². The summed E-state index contributed by atoms with van der Waals surface area (Å²) in [4.78, 5) is 12.0. The highest BCUT2D eigenvalue weighted by Gasteiger charge is 2.22. The van der Waals surface area contributed by atoms with E-state index in [9.17, 15) is 9.90 Å². The molecule has 1 rings (SSSR count). The molecule has 1 aromatic rings. The van der Waals surface area contributed by atoms with Gasteiger partial charge in [0.05, 0.1) is 18.8 Å². The van der Waals surface area contributed by atoms with Crippen LogP contribution in [0.4, 0.5) is 10.5 Å². The fraction of sp³-hybridized carbons (Fsp3) is 0.611. The Labute approximate surface area is 139 Å². The molecule has 0 radical (unpaired) electrons. The molecule has 130 valence electrons. The highest BCUT2D eigenvalue weighted by atomic mass is 16.5. The molecular weight excluding hydrogens is 292 g/mol. The van der Waals surface area contributed by atoms with Crippen molar-refractivity contribution in [1.29, 1.82) is 0 Å². The van der Waals surface area contributed by atoms with Gasteiger partial charge in [0.1, 0.15) is 0 Å². The highest BCUT2D eigenvalue weighted by Crippen LogP contribution is 2.20. The number of benzene rings is 1. The van der Waals surface area contributed by atoms with Gasteiger partial charge in [-0.25, -0.2) is 4.79 Å². The van der Waals surface area contributed by atoms with E-state index in [1.807, 2.05) is 59.7 Å². The van der Waals surface area contributed by atoms with Crippen LogP contribution in [0.25, 0.3) is 0 Å². The summed E-state index contributed by atoms with van der Waals surface area (Å²) < 4.78 is 5.62. The second-order valence-corrected chi connectivity index (χ2v) is 7.17. The Kier molecular flexibility index (Phi) is 7.03. The van der Waals surface area contributed by atoms with Crippen LogP contribution in [0.1, 0.15) is 45.7 Å². The maximum atomic E-state index is 12.0. The van der Waals surface area contributed by atoms with Gasteiger partial charge in [0.25, 0.3) is 0 Å². The molecule has 0 saturated heterocycles. The summed E-state index contributed by atoms with van der Waals surface area (Å²) in [5.41, 5.74) is 2.51. The highest BCUT2D eigenvalue weighted by molar-refractivity contribution is 5.90. The van der Waals surface area contributed by atoms with Crippen molar-refractivity contribution < 1.29 is 14.6 Å². The van der Waals surface area contributed by atoms with Crippen LogP contribution in [0.3, 0.4) is 0 Å². The second-order valence-electron chi connectivity index (χ2n) is 7.17. The topological polar surface area (TPSA) is 70.6 Å². The number of rotatable bonds is 6. The number of carbonyl (C=O) groups excluding carboxylic acids is 1. The summed E-state index contributed by atoms with van der Waals surface area (Å²) in [7, 11) is 0. The molecule has 23 heavy (non-hydrogen) atoms. The largest absolute Gasteiger partial charge is 0.391 e. The zero-order chi connectivity index (χ0) is 17.6. The minimum Gasteiger partial charge on any atom is -0.391 e. The number of nitrogens with one attached hydrogen (secondary N) is 2. The van der Waals surface area contributed by atoms with Crippen molar-refractivity contribution in [1.82, 2.24) is 5.32 Å². The van der Waals surface area contributed by atoms with E-state index in [0.29, 0.717) is 6.61 Å². The first-order chi connectivity index (χ1) is 10.6. The average molecular weight is 322 g/mol. The summed E-state index contributed by atoms with van der Waals surface area (Å²) in [5.74, 6) is 0. The first kappa shape index (κ1) is 19.5. The van der Waals surface area contributed by atoms with Crippen LogP contribution in [0.2, 0.25) is 0 Å². The molecule has 0 spiro atoms. The number of amides is 2. The Balaban J connectivity index is 2.63. The fourth-order valence-corrected chi connectivity index (χ4v) is 1.89. The van der Waals surface area contributed by atoms with Gasteiger partial charge in [-0.05, 0) is 43.4 Å². The Morgan fingerprint density at radius 2 is 1.96 bits per heavy atom. The average Bonchev–Trinajstić information content (AvgIpc) is 2.44. The van der Waals surface area contributed by atoms with Crippen molar-refractivity contribution >= 4 is 11.7 Å². The molecule has 1 unspecified atom stereocenters. The fourth-order valence-electron chi connectivity index (χ4n) is 1.89. The third-order valence-electron chi connectivity index (χ3n) is 3.72.